The number of halogens is 1. The van der Waals surface area contributed by atoms with Gasteiger partial charge in [-0.3, -0.25) is 9.59 Å². The van der Waals surface area contributed by atoms with Crippen LogP contribution < -0.4 is 10.6 Å². The van der Waals surface area contributed by atoms with Gasteiger partial charge in [0.2, 0.25) is 5.91 Å². The lowest BCUT2D eigenvalue weighted by molar-refractivity contribution is -0.116. The highest BCUT2D eigenvalue weighted by Gasteiger charge is 2.15. The average Bonchev–Trinajstić information content (AvgIpc) is 3.13. The second-order valence-electron chi connectivity index (χ2n) is 6.75. The molecule has 2 aromatic rings. The molecule has 2 aromatic carbocycles. The Morgan fingerprint density at radius 2 is 1.78 bits per heavy atom. The van der Waals surface area contributed by atoms with E-state index < -0.39 is 0 Å². The van der Waals surface area contributed by atoms with Crippen LogP contribution in [0.5, 0.6) is 0 Å². The van der Waals surface area contributed by atoms with Crippen LogP contribution in [0.25, 0.3) is 0 Å². The molecule has 0 radical (unpaired) electrons. The first kappa shape index (κ1) is 21.1. The number of rotatable bonds is 8. The Bertz CT molecular complexity index is 805. The minimum Gasteiger partial charge on any atom is -0.326 e. The number of hydrogen-bond acceptors (Lipinski definition) is 3. The predicted molar refractivity (Wildman–Crippen MR) is 112 cm³/mol. The molecule has 1 aliphatic carbocycles. The zero-order valence-corrected chi connectivity index (χ0v) is 16.5. The minimum atomic E-state index is -0.122. The summed E-state index contributed by atoms with van der Waals surface area (Å²) in [7, 11) is 0. The number of carbonyl (C=O) groups is 2. The number of nitrogens with one attached hydrogen (secondary N) is 2. The van der Waals surface area contributed by atoms with Gasteiger partial charge in [-0.05, 0) is 54.6 Å². The van der Waals surface area contributed by atoms with E-state index >= 15 is 0 Å². The number of para-hydroxylation sites is 1. The van der Waals surface area contributed by atoms with E-state index in [0.717, 1.165) is 36.2 Å². The van der Waals surface area contributed by atoms with Crippen LogP contribution in [0.1, 0.15) is 53.2 Å². The zero-order valence-electron chi connectivity index (χ0n) is 15.7. The standard InChI is InChI=1S/C22H26N2O2.ClH/c1-2-23-15-19-6-3-4-9-20(19)24-22(26)13-12-21(25)18-11-10-16-7-5-8-17(16)14-18;/h3-4,6,9-11,14,23H,2,5,7-8,12-13,15H2,1H3,(H,24,26);1H. The average molecular weight is 387 g/mol. The molecule has 1 amide bonds. The number of amides is 1. The molecule has 0 fully saturated rings. The van der Waals surface area contributed by atoms with Crippen molar-refractivity contribution in [3.05, 3.63) is 64.7 Å². The molecule has 0 unspecified atom stereocenters. The summed E-state index contributed by atoms with van der Waals surface area (Å²) in [6.07, 6.45) is 3.77. The van der Waals surface area contributed by atoms with Crippen LogP contribution in [0.15, 0.2) is 42.5 Å². The number of aryl methyl sites for hydroxylation is 2. The third-order valence-electron chi connectivity index (χ3n) is 4.86. The molecular weight excluding hydrogens is 360 g/mol. The Hall–Kier alpha value is -2.17. The molecule has 0 heterocycles. The quantitative estimate of drug-likeness (QED) is 0.664. The van der Waals surface area contributed by atoms with E-state index in [9.17, 15) is 9.59 Å². The van der Waals surface area contributed by atoms with Crippen molar-refractivity contribution in [1.29, 1.82) is 0 Å². The van der Waals surface area contributed by atoms with Gasteiger partial charge in [0.15, 0.2) is 5.78 Å². The summed E-state index contributed by atoms with van der Waals surface area (Å²) in [6.45, 7) is 3.63. The Kier molecular flexibility index (Phi) is 8.01. The second-order valence-corrected chi connectivity index (χ2v) is 6.75. The highest BCUT2D eigenvalue weighted by Crippen LogP contribution is 2.23. The van der Waals surface area contributed by atoms with Crippen LogP contribution in [0.3, 0.4) is 0 Å². The summed E-state index contributed by atoms with van der Waals surface area (Å²) in [6, 6.07) is 13.7. The number of anilines is 1. The Morgan fingerprint density at radius 1 is 1.00 bits per heavy atom. The molecule has 4 nitrogen and oxygen atoms in total. The van der Waals surface area contributed by atoms with Crippen LogP contribution in [-0.2, 0) is 24.2 Å². The summed E-state index contributed by atoms with van der Waals surface area (Å²) in [5.74, 6) is -0.0840. The van der Waals surface area contributed by atoms with Crippen LogP contribution in [0.2, 0.25) is 0 Å². The highest BCUT2D eigenvalue weighted by molar-refractivity contribution is 6.00. The maximum absolute atomic E-state index is 12.4. The summed E-state index contributed by atoms with van der Waals surface area (Å²) in [5, 5.41) is 6.20. The van der Waals surface area contributed by atoms with E-state index in [2.05, 4.69) is 16.7 Å². The summed E-state index contributed by atoms with van der Waals surface area (Å²) in [4.78, 5) is 24.7. The van der Waals surface area contributed by atoms with Gasteiger partial charge >= 0.3 is 0 Å². The van der Waals surface area contributed by atoms with Gasteiger partial charge in [-0.2, -0.15) is 0 Å². The number of fused-ring (bicyclic) bond motifs is 1. The Balaban J connectivity index is 0.00000261. The summed E-state index contributed by atoms with van der Waals surface area (Å²) < 4.78 is 0. The van der Waals surface area contributed by atoms with Gasteiger partial charge in [0.1, 0.15) is 0 Å². The van der Waals surface area contributed by atoms with Crippen molar-refractivity contribution in [3.8, 4) is 0 Å². The normalized spacial score (nSPS) is 12.2. The first-order chi connectivity index (χ1) is 12.7. The van der Waals surface area contributed by atoms with Crippen molar-refractivity contribution in [2.45, 2.75) is 45.6 Å². The van der Waals surface area contributed by atoms with Crippen molar-refractivity contribution in [3.63, 3.8) is 0 Å². The molecule has 5 heteroatoms. The molecule has 0 saturated carbocycles. The number of carbonyl (C=O) groups excluding carboxylic acids is 2. The maximum atomic E-state index is 12.4. The fourth-order valence-electron chi connectivity index (χ4n) is 3.39. The zero-order chi connectivity index (χ0) is 18.4. The lowest BCUT2D eigenvalue weighted by atomic mass is 10.0. The topological polar surface area (TPSA) is 58.2 Å². The molecule has 144 valence electrons. The Labute approximate surface area is 167 Å². The number of benzene rings is 2. The van der Waals surface area contributed by atoms with Crippen molar-refractivity contribution in [2.75, 3.05) is 11.9 Å². The van der Waals surface area contributed by atoms with E-state index in [1.54, 1.807) is 0 Å². The van der Waals surface area contributed by atoms with Crippen molar-refractivity contribution < 1.29 is 9.59 Å². The van der Waals surface area contributed by atoms with E-state index in [1.807, 2.05) is 43.3 Å². The molecule has 1 aliphatic rings. The van der Waals surface area contributed by atoms with E-state index in [0.29, 0.717) is 6.54 Å². The first-order valence-corrected chi connectivity index (χ1v) is 9.41. The molecule has 0 atom stereocenters. The van der Waals surface area contributed by atoms with Gasteiger partial charge in [-0.15, -0.1) is 12.4 Å². The number of hydrogen-bond donors (Lipinski definition) is 2. The smallest absolute Gasteiger partial charge is 0.224 e. The summed E-state index contributed by atoms with van der Waals surface area (Å²) >= 11 is 0. The first-order valence-electron chi connectivity index (χ1n) is 9.41. The molecule has 3 rings (SSSR count). The molecule has 0 spiro atoms. The van der Waals surface area contributed by atoms with Gasteiger partial charge < -0.3 is 10.6 Å². The molecule has 0 bridgehead atoms. The van der Waals surface area contributed by atoms with Gasteiger partial charge in [0, 0.05) is 30.6 Å². The lowest BCUT2D eigenvalue weighted by Gasteiger charge is -2.11. The molecule has 0 saturated heterocycles. The van der Waals surface area contributed by atoms with Crippen LogP contribution in [0.4, 0.5) is 5.69 Å². The van der Waals surface area contributed by atoms with Gasteiger partial charge in [0.05, 0.1) is 0 Å². The third-order valence-corrected chi connectivity index (χ3v) is 4.86. The molecular formula is C22H27ClN2O2. The lowest BCUT2D eigenvalue weighted by Crippen LogP contribution is -2.17. The molecule has 27 heavy (non-hydrogen) atoms. The third kappa shape index (κ3) is 5.65. The summed E-state index contributed by atoms with van der Waals surface area (Å²) in [5.41, 5.74) is 5.23. The predicted octanol–water partition coefficient (Wildman–Crippen LogP) is 4.31. The van der Waals surface area contributed by atoms with Crippen molar-refractivity contribution >= 4 is 29.8 Å². The maximum Gasteiger partial charge on any atom is 0.224 e. The monoisotopic (exact) mass is 386 g/mol. The molecule has 0 aromatic heterocycles. The van der Waals surface area contributed by atoms with E-state index in [-0.39, 0.29) is 36.9 Å². The van der Waals surface area contributed by atoms with Gasteiger partial charge in [0.25, 0.3) is 0 Å². The number of ketones is 1. The fraction of sp³-hybridized carbons (Fsp3) is 0.364. The van der Waals surface area contributed by atoms with Gasteiger partial charge in [-0.1, -0.05) is 37.3 Å². The van der Waals surface area contributed by atoms with Crippen LogP contribution >= 0.6 is 12.4 Å². The SMILES string of the molecule is CCNCc1ccccc1NC(=O)CCC(=O)c1ccc2c(c1)CCC2.Cl. The fourth-order valence-corrected chi connectivity index (χ4v) is 3.39. The molecule has 0 aliphatic heterocycles. The van der Waals surface area contributed by atoms with E-state index in [4.69, 9.17) is 0 Å². The number of Topliss-reactive ketones (excluding diaryl/α,β-unsaturated/α-hetero) is 1. The Morgan fingerprint density at radius 3 is 2.59 bits per heavy atom. The highest BCUT2D eigenvalue weighted by atomic mass is 35.5. The molecule has 2 N–H and O–H groups in total. The van der Waals surface area contributed by atoms with Crippen molar-refractivity contribution in [2.24, 2.45) is 0 Å². The second kappa shape index (κ2) is 10.2. The van der Waals surface area contributed by atoms with Crippen LogP contribution in [-0.4, -0.2) is 18.2 Å². The minimum absolute atomic E-state index is 0. The van der Waals surface area contributed by atoms with Gasteiger partial charge in [-0.25, -0.2) is 0 Å². The van der Waals surface area contributed by atoms with Crippen LogP contribution in [0, 0.1) is 0 Å². The largest absolute Gasteiger partial charge is 0.326 e. The van der Waals surface area contributed by atoms with Crippen molar-refractivity contribution in [1.82, 2.24) is 5.32 Å². The van der Waals surface area contributed by atoms with E-state index in [1.165, 1.54) is 17.5 Å².